The summed E-state index contributed by atoms with van der Waals surface area (Å²) in [6.07, 6.45) is 1.89. The Hall–Kier alpha value is -2.87. The first-order chi connectivity index (χ1) is 14.2. The van der Waals surface area contributed by atoms with Crippen LogP contribution < -0.4 is 4.72 Å². The number of para-hydroxylation sites is 1. The van der Waals surface area contributed by atoms with Crippen molar-refractivity contribution >= 4 is 27.6 Å². The molecule has 0 radical (unpaired) electrons. The second-order valence-electron chi connectivity index (χ2n) is 7.54. The maximum absolute atomic E-state index is 13.0. The van der Waals surface area contributed by atoms with Crippen molar-refractivity contribution in [2.45, 2.75) is 38.5 Å². The average molecular weight is 431 g/mol. The number of aryl methyl sites for hydroxylation is 3. The molecule has 30 heavy (non-hydrogen) atoms. The van der Waals surface area contributed by atoms with Gasteiger partial charge in [-0.2, -0.15) is 0 Å². The van der Waals surface area contributed by atoms with Crippen molar-refractivity contribution in [2.75, 3.05) is 24.4 Å². The Balaban J connectivity index is 1.79. The number of amides is 1. The predicted octanol–water partition coefficient (Wildman–Crippen LogP) is 3.19. The van der Waals surface area contributed by atoms with E-state index in [9.17, 15) is 18.0 Å². The topological polar surface area (TPSA) is 92.8 Å². The normalized spacial score (nSPS) is 13.9. The highest BCUT2D eigenvalue weighted by Crippen LogP contribution is 2.26. The summed E-state index contributed by atoms with van der Waals surface area (Å²) in [7, 11) is -3.92. The highest BCUT2D eigenvalue weighted by atomic mass is 32.2. The molecule has 0 unspecified atom stereocenters. The van der Waals surface area contributed by atoms with Crippen molar-refractivity contribution in [3.63, 3.8) is 0 Å². The number of hydrogen-bond donors (Lipinski definition) is 1. The van der Waals surface area contributed by atoms with Gasteiger partial charge in [-0.25, -0.2) is 13.2 Å². The fourth-order valence-electron chi connectivity index (χ4n) is 3.80. The van der Waals surface area contributed by atoms with Gasteiger partial charge in [0.2, 0.25) is 0 Å². The summed E-state index contributed by atoms with van der Waals surface area (Å²) in [5.41, 5.74) is 2.37. The molecule has 0 atom stereocenters. The van der Waals surface area contributed by atoms with E-state index in [4.69, 9.17) is 4.74 Å². The molecule has 2 aromatic rings. The number of benzene rings is 2. The number of esters is 1. The van der Waals surface area contributed by atoms with Crippen LogP contribution in [0.3, 0.4) is 0 Å². The molecule has 160 valence electrons. The predicted molar refractivity (Wildman–Crippen MR) is 114 cm³/mol. The molecule has 3 rings (SSSR count). The van der Waals surface area contributed by atoms with Crippen LogP contribution in [0.15, 0.2) is 41.3 Å². The number of rotatable bonds is 6. The van der Waals surface area contributed by atoms with E-state index >= 15 is 0 Å². The molecule has 1 aliphatic heterocycles. The summed E-state index contributed by atoms with van der Waals surface area (Å²) in [4.78, 5) is 26.5. The SMILES string of the molecule is Cc1cc(C)c(S(=O)(=O)Nc2ccccc2C(=O)OCC(=O)N2CCCC2)c(C)c1. The minimum atomic E-state index is -3.92. The zero-order valence-electron chi connectivity index (χ0n) is 17.4. The van der Waals surface area contributed by atoms with E-state index in [2.05, 4.69) is 4.72 Å². The first kappa shape index (κ1) is 21.8. The van der Waals surface area contributed by atoms with E-state index in [1.54, 1.807) is 43.0 Å². The molecule has 0 bridgehead atoms. The Morgan fingerprint density at radius 1 is 1.03 bits per heavy atom. The number of carbonyl (C=O) groups excluding carboxylic acids is 2. The van der Waals surface area contributed by atoms with Crippen molar-refractivity contribution in [1.82, 2.24) is 4.90 Å². The van der Waals surface area contributed by atoms with Crippen molar-refractivity contribution in [1.29, 1.82) is 0 Å². The van der Waals surface area contributed by atoms with Gasteiger partial charge in [-0.05, 0) is 56.9 Å². The van der Waals surface area contributed by atoms with E-state index in [0.717, 1.165) is 18.4 Å². The lowest BCUT2D eigenvalue weighted by Crippen LogP contribution is -2.32. The molecule has 0 aromatic heterocycles. The molecule has 2 aromatic carbocycles. The molecule has 7 nitrogen and oxygen atoms in total. The van der Waals surface area contributed by atoms with Crippen LogP contribution in [0.5, 0.6) is 0 Å². The zero-order chi connectivity index (χ0) is 21.9. The van der Waals surface area contributed by atoms with Gasteiger partial charge in [0.1, 0.15) is 0 Å². The van der Waals surface area contributed by atoms with Gasteiger partial charge in [-0.3, -0.25) is 9.52 Å². The Bertz CT molecular complexity index is 1050. The lowest BCUT2D eigenvalue weighted by atomic mass is 10.1. The average Bonchev–Trinajstić information content (AvgIpc) is 3.19. The molecular weight excluding hydrogens is 404 g/mol. The highest BCUT2D eigenvalue weighted by molar-refractivity contribution is 7.92. The minimum Gasteiger partial charge on any atom is -0.452 e. The number of hydrogen-bond acceptors (Lipinski definition) is 5. The quantitative estimate of drug-likeness (QED) is 0.711. The maximum Gasteiger partial charge on any atom is 0.340 e. The summed E-state index contributed by atoms with van der Waals surface area (Å²) >= 11 is 0. The van der Waals surface area contributed by atoms with Gasteiger partial charge in [-0.15, -0.1) is 0 Å². The van der Waals surface area contributed by atoms with Crippen molar-refractivity contribution in [3.8, 4) is 0 Å². The lowest BCUT2D eigenvalue weighted by Gasteiger charge is -2.17. The zero-order valence-corrected chi connectivity index (χ0v) is 18.2. The Kier molecular flexibility index (Phi) is 6.45. The summed E-state index contributed by atoms with van der Waals surface area (Å²) < 4.78 is 33.8. The number of ether oxygens (including phenoxy) is 1. The van der Waals surface area contributed by atoms with E-state index < -0.39 is 16.0 Å². The molecular formula is C22H26N2O5S. The van der Waals surface area contributed by atoms with Gasteiger partial charge >= 0.3 is 5.97 Å². The summed E-state index contributed by atoms with van der Waals surface area (Å²) in [6.45, 7) is 6.34. The lowest BCUT2D eigenvalue weighted by molar-refractivity contribution is -0.133. The largest absolute Gasteiger partial charge is 0.452 e. The standard InChI is InChI=1S/C22H26N2O5S/c1-15-12-16(2)21(17(3)13-15)30(27,28)23-19-9-5-4-8-18(19)22(26)29-14-20(25)24-10-6-7-11-24/h4-5,8-9,12-13,23H,6-7,10-11,14H2,1-3H3. The summed E-state index contributed by atoms with van der Waals surface area (Å²) in [5, 5.41) is 0. The third-order valence-electron chi connectivity index (χ3n) is 5.05. The van der Waals surface area contributed by atoms with Gasteiger partial charge in [0.05, 0.1) is 16.1 Å². The fraction of sp³-hybridized carbons (Fsp3) is 0.364. The number of anilines is 1. The molecule has 1 fully saturated rings. The second-order valence-corrected chi connectivity index (χ2v) is 9.16. The number of nitrogens with one attached hydrogen (secondary N) is 1. The van der Waals surface area contributed by atoms with E-state index in [1.807, 2.05) is 6.92 Å². The first-order valence-corrected chi connectivity index (χ1v) is 11.3. The van der Waals surface area contributed by atoms with Crippen LogP contribution in [0.1, 0.15) is 39.9 Å². The second kappa shape index (κ2) is 8.87. The number of sulfonamides is 1. The van der Waals surface area contributed by atoms with E-state index in [-0.39, 0.29) is 28.7 Å². The van der Waals surface area contributed by atoms with Gasteiger partial charge < -0.3 is 9.64 Å². The summed E-state index contributed by atoms with van der Waals surface area (Å²) in [5.74, 6) is -0.997. The van der Waals surface area contributed by atoms with E-state index in [1.165, 1.54) is 12.1 Å². The van der Waals surface area contributed by atoms with Gasteiger partial charge in [0.15, 0.2) is 6.61 Å². The molecule has 1 aliphatic rings. The third-order valence-corrected chi connectivity index (χ3v) is 6.72. The van der Waals surface area contributed by atoms with Crippen LogP contribution in [-0.2, 0) is 19.6 Å². The summed E-state index contributed by atoms with van der Waals surface area (Å²) in [6, 6.07) is 9.79. The van der Waals surface area contributed by atoms with Crippen LogP contribution in [0, 0.1) is 20.8 Å². The van der Waals surface area contributed by atoms with Crippen molar-refractivity contribution in [3.05, 3.63) is 58.7 Å². The van der Waals surface area contributed by atoms with Crippen LogP contribution in [-0.4, -0.2) is 44.9 Å². The number of likely N-dealkylation sites (tertiary alicyclic amines) is 1. The monoisotopic (exact) mass is 430 g/mol. The van der Waals surface area contributed by atoms with Gasteiger partial charge in [-0.1, -0.05) is 29.8 Å². The van der Waals surface area contributed by atoms with Crippen molar-refractivity contribution in [2.24, 2.45) is 0 Å². The van der Waals surface area contributed by atoms with Crippen LogP contribution in [0.25, 0.3) is 0 Å². The Labute approximate surface area is 177 Å². The van der Waals surface area contributed by atoms with Crippen LogP contribution >= 0.6 is 0 Å². The molecule has 1 amide bonds. The van der Waals surface area contributed by atoms with Crippen LogP contribution in [0.2, 0.25) is 0 Å². The fourth-order valence-corrected chi connectivity index (χ4v) is 5.33. The molecule has 0 spiro atoms. The minimum absolute atomic E-state index is 0.0534. The highest BCUT2D eigenvalue weighted by Gasteiger charge is 2.24. The number of carbonyl (C=O) groups is 2. The van der Waals surface area contributed by atoms with Gasteiger partial charge in [0.25, 0.3) is 15.9 Å². The van der Waals surface area contributed by atoms with Crippen LogP contribution in [0.4, 0.5) is 5.69 Å². The third kappa shape index (κ3) is 4.81. The molecule has 1 saturated heterocycles. The molecule has 8 heteroatoms. The Morgan fingerprint density at radius 3 is 2.27 bits per heavy atom. The smallest absolute Gasteiger partial charge is 0.340 e. The molecule has 1 heterocycles. The van der Waals surface area contributed by atoms with E-state index in [0.29, 0.717) is 24.2 Å². The first-order valence-electron chi connectivity index (χ1n) is 9.83. The van der Waals surface area contributed by atoms with Crippen molar-refractivity contribution < 1.29 is 22.7 Å². The Morgan fingerprint density at radius 2 is 1.63 bits per heavy atom. The molecule has 0 saturated carbocycles. The maximum atomic E-state index is 13.0. The molecule has 0 aliphatic carbocycles. The number of nitrogens with zero attached hydrogens (tertiary/aromatic N) is 1. The van der Waals surface area contributed by atoms with Gasteiger partial charge in [0, 0.05) is 13.1 Å². The molecule has 1 N–H and O–H groups in total.